The van der Waals surface area contributed by atoms with Gasteiger partial charge in [0.2, 0.25) is 0 Å². The summed E-state index contributed by atoms with van der Waals surface area (Å²) in [6.45, 7) is 5.42. The Morgan fingerprint density at radius 3 is 2.05 bits per heavy atom. The van der Waals surface area contributed by atoms with Crippen molar-refractivity contribution in [1.29, 1.82) is 0 Å². The van der Waals surface area contributed by atoms with Gasteiger partial charge in [0, 0.05) is 10.0 Å². The molecule has 0 amide bonds. The highest BCUT2D eigenvalue weighted by atomic mass is 79.9. The zero-order valence-electron chi connectivity index (χ0n) is 11.6. The minimum Gasteiger partial charge on any atom is -0.320 e. The van der Waals surface area contributed by atoms with Gasteiger partial charge in [-0.2, -0.15) is 0 Å². The van der Waals surface area contributed by atoms with Crippen molar-refractivity contribution in [3.8, 4) is 0 Å². The van der Waals surface area contributed by atoms with Gasteiger partial charge >= 0.3 is 0 Å². The molecule has 2 aromatic carbocycles. The van der Waals surface area contributed by atoms with E-state index in [4.69, 9.17) is 5.73 Å². The molecule has 0 heterocycles. The molecule has 1 unspecified atom stereocenters. The largest absolute Gasteiger partial charge is 0.320 e. The quantitative estimate of drug-likeness (QED) is 0.843. The van der Waals surface area contributed by atoms with Crippen LogP contribution in [0.2, 0.25) is 0 Å². The first-order chi connectivity index (χ1) is 9.32. The number of halogens is 3. The van der Waals surface area contributed by atoms with Gasteiger partial charge in [-0.1, -0.05) is 40.2 Å². The minimum absolute atomic E-state index is 0.175. The molecule has 2 aromatic rings. The number of hydrogen-bond donors (Lipinski definition) is 1. The number of nitrogens with two attached hydrogens (primary N) is 1. The third-order valence-electron chi connectivity index (χ3n) is 3.46. The van der Waals surface area contributed by atoms with Crippen LogP contribution < -0.4 is 5.73 Å². The minimum atomic E-state index is -0.865. The third-order valence-corrected chi connectivity index (χ3v) is 4.71. The summed E-state index contributed by atoms with van der Waals surface area (Å²) in [6, 6.07) is 6.19. The highest BCUT2D eigenvalue weighted by molar-refractivity contribution is 9.10. The summed E-state index contributed by atoms with van der Waals surface area (Å²) in [5, 5.41) is 0. The van der Waals surface area contributed by atoms with Gasteiger partial charge in [-0.05, 0) is 43.0 Å². The van der Waals surface area contributed by atoms with Crippen LogP contribution in [0.1, 0.15) is 33.9 Å². The molecule has 0 fully saturated rings. The number of aryl methyl sites for hydroxylation is 3. The fourth-order valence-corrected chi connectivity index (χ4v) is 2.47. The van der Waals surface area contributed by atoms with E-state index in [1.807, 2.05) is 26.0 Å². The molecule has 0 radical (unpaired) electrons. The third kappa shape index (κ3) is 2.63. The molecule has 0 aliphatic carbocycles. The Kier molecular flexibility index (Phi) is 4.25. The van der Waals surface area contributed by atoms with Gasteiger partial charge in [-0.15, -0.1) is 0 Å². The van der Waals surface area contributed by atoms with Crippen LogP contribution in [0, 0.1) is 32.4 Å². The van der Waals surface area contributed by atoms with Crippen molar-refractivity contribution in [2.75, 3.05) is 0 Å². The maximum atomic E-state index is 14.0. The second-order valence-corrected chi connectivity index (χ2v) is 5.84. The molecule has 0 saturated carbocycles. The van der Waals surface area contributed by atoms with Crippen LogP contribution in [0.15, 0.2) is 28.7 Å². The molecule has 0 aromatic heterocycles. The highest BCUT2D eigenvalue weighted by Gasteiger charge is 2.19. The monoisotopic (exact) mass is 339 g/mol. The fraction of sp³-hybridized carbons (Fsp3) is 0.250. The average molecular weight is 340 g/mol. The Bertz CT molecular complexity index is 645. The van der Waals surface area contributed by atoms with Crippen LogP contribution >= 0.6 is 15.9 Å². The first-order valence-corrected chi connectivity index (χ1v) is 7.09. The van der Waals surface area contributed by atoms with Crippen molar-refractivity contribution >= 4 is 15.9 Å². The average Bonchev–Trinajstić information content (AvgIpc) is 2.41. The fourth-order valence-electron chi connectivity index (χ4n) is 2.24. The molecule has 1 nitrogen and oxygen atoms in total. The molecule has 0 bridgehead atoms. The summed E-state index contributed by atoms with van der Waals surface area (Å²) >= 11 is 3.48. The molecule has 0 saturated heterocycles. The van der Waals surface area contributed by atoms with E-state index in [2.05, 4.69) is 15.9 Å². The van der Waals surface area contributed by atoms with E-state index < -0.39 is 17.7 Å². The Labute approximate surface area is 125 Å². The lowest BCUT2D eigenvalue weighted by molar-refractivity contribution is 0.489. The number of benzene rings is 2. The Balaban J connectivity index is 2.52. The maximum Gasteiger partial charge on any atom is 0.164 e. The van der Waals surface area contributed by atoms with Crippen LogP contribution in [0.3, 0.4) is 0 Å². The van der Waals surface area contributed by atoms with Gasteiger partial charge in [0.25, 0.3) is 0 Å². The van der Waals surface area contributed by atoms with Gasteiger partial charge in [0.1, 0.15) is 0 Å². The smallest absolute Gasteiger partial charge is 0.164 e. The van der Waals surface area contributed by atoms with Crippen LogP contribution in [-0.2, 0) is 0 Å². The molecule has 106 valence electrons. The van der Waals surface area contributed by atoms with Crippen LogP contribution in [0.4, 0.5) is 8.78 Å². The second-order valence-electron chi connectivity index (χ2n) is 5.05. The lowest BCUT2D eigenvalue weighted by atomic mass is 9.95. The van der Waals surface area contributed by atoms with Gasteiger partial charge in [0.15, 0.2) is 11.6 Å². The molecule has 0 aliphatic rings. The van der Waals surface area contributed by atoms with Gasteiger partial charge in [-0.3, -0.25) is 0 Å². The number of hydrogen-bond acceptors (Lipinski definition) is 1. The normalized spacial score (nSPS) is 12.6. The topological polar surface area (TPSA) is 26.0 Å². The van der Waals surface area contributed by atoms with E-state index in [0.717, 1.165) is 21.2 Å². The standard InChI is InChI=1S/C16H16BrF2N/c1-8-4-5-12(15(19)14(8)18)16(20)11-6-9(2)13(17)10(3)7-11/h4-7,16H,20H2,1-3H3. The van der Waals surface area contributed by atoms with E-state index in [0.29, 0.717) is 0 Å². The molecule has 2 N–H and O–H groups in total. The van der Waals surface area contributed by atoms with Gasteiger partial charge < -0.3 is 5.73 Å². The molecule has 1 atom stereocenters. The highest BCUT2D eigenvalue weighted by Crippen LogP contribution is 2.29. The first kappa shape index (κ1) is 15.1. The van der Waals surface area contributed by atoms with Crippen molar-refractivity contribution in [3.05, 3.63) is 68.2 Å². The van der Waals surface area contributed by atoms with Gasteiger partial charge in [0.05, 0.1) is 6.04 Å². The SMILES string of the molecule is Cc1ccc(C(N)c2cc(C)c(Br)c(C)c2)c(F)c1F. The van der Waals surface area contributed by atoms with Gasteiger partial charge in [-0.25, -0.2) is 8.78 Å². The summed E-state index contributed by atoms with van der Waals surface area (Å²) < 4.78 is 28.7. The predicted molar refractivity (Wildman–Crippen MR) is 80.7 cm³/mol. The Hall–Kier alpha value is -1.26. The molecule has 20 heavy (non-hydrogen) atoms. The van der Waals surface area contributed by atoms with Crippen LogP contribution in [0.5, 0.6) is 0 Å². The summed E-state index contributed by atoms with van der Waals surface area (Å²) in [6.07, 6.45) is 0. The first-order valence-electron chi connectivity index (χ1n) is 6.29. The summed E-state index contributed by atoms with van der Waals surface area (Å²) in [5.41, 5.74) is 9.36. The van der Waals surface area contributed by atoms with Crippen molar-refractivity contribution in [3.63, 3.8) is 0 Å². The Morgan fingerprint density at radius 1 is 0.950 bits per heavy atom. The lowest BCUT2D eigenvalue weighted by Crippen LogP contribution is -2.15. The van der Waals surface area contributed by atoms with Crippen molar-refractivity contribution in [1.82, 2.24) is 0 Å². The van der Waals surface area contributed by atoms with E-state index in [1.165, 1.54) is 6.92 Å². The summed E-state index contributed by atoms with van der Waals surface area (Å²) in [7, 11) is 0. The zero-order valence-corrected chi connectivity index (χ0v) is 13.2. The molecular formula is C16H16BrF2N. The summed E-state index contributed by atoms with van der Waals surface area (Å²) in [4.78, 5) is 0. The molecular weight excluding hydrogens is 324 g/mol. The second kappa shape index (κ2) is 5.62. The van der Waals surface area contributed by atoms with E-state index >= 15 is 0 Å². The Morgan fingerprint density at radius 2 is 1.50 bits per heavy atom. The van der Waals surface area contributed by atoms with Crippen molar-refractivity contribution in [2.24, 2.45) is 5.73 Å². The summed E-state index contributed by atoms with van der Waals surface area (Å²) in [5.74, 6) is -1.70. The van der Waals surface area contributed by atoms with Crippen molar-refractivity contribution < 1.29 is 8.78 Å². The van der Waals surface area contributed by atoms with Crippen LogP contribution in [0.25, 0.3) is 0 Å². The maximum absolute atomic E-state index is 14.0. The molecule has 0 spiro atoms. The molecule has 0 aliphatic heterocycles. The van der Waals surface area contributed by atoms with E-state index in [1.54, 1.807) is 12.1 Å². The van der Waals surface area contributed by atoms with Crippen LogP contribution in [-0.4, -0.2) is 0 Å². The molecule has 4 heteroatoms. The predicted octanol–water partition coefficient (Wildman–Crippen LogP) is 4.70. The zero-order chi connectivity index (χ0) is 15.0. The lowest BCUT2D eigenvalue weighted by Gasteiger charge is -2.17. The van der Waals surface area contributed by atoms with E-state index in [9.17, 15) is 8.78 Å². The van der Waals surface area contributed by atoms with E-state index in [-0.39, 0.29) is 11.1 Å². The number of rotatable bonds is 2. The van der Waals surface area contributed by atoms with Crippen molar-refractivity contribution in [2.45, 2.75) is 26.8 Å². The molecule has 2 rings (SSSR count).